The van der Waals surface area contributed by atoms with Crippen LogP contribution in [0.2, 0.25) is 0 Å². The van der Waals surface area contributed by atoms with E-state index < -0.39 is 12.1 Å². The molecule has 0 fully saturated rings. The lowest BCUT2D eigenvalue weighted by molar-refractivity contribution is -0.121. The summed E-state index contributed by atoms with van der Waals surface area (Å²) >= 11 is 0. The number of hydrogen-bond acceptors (Lipinski definition) is 4. The summed E-state index contributed by atoms with van der Waals surface area (Å²) in [5, 5.41) is 4.68. The molecule has 0 aromatic heterocycles. The van der Waals surface area contributed by atoms with Crippen LogP contribution in [0.25, 0.3) is 0 Å². The summed E-state index contributed by atoms with van der Waals surface area (Å²) in [5.41, 5.74) is 8.81. The number of amides is 3. The molecule has 1 heterocycles. The van der Waals surface area contributed by atoms with Gasteiger partial charge in [-0.3, -0.25) is 10.1 Å². The third kappa shape index (κ3) is 3.58. The first-order valence-electron chi connectivity index (χ1n) is 6.71. The van der Waals surface area contributed by atoms with Crippen molar-refractivity contribution in [2.24, 2.45) is 0 Å². The number of rotatable bonds is 2. The molecule has 0 saturated heterocycles. The fourth-order valence-electron chi connectivity index (χ4n) is 2.50. The first-order chi connectivity index (χ1) is 9.54. The largest absolute Gasteiger partial charge is 0.398 e. The van der Waals surface area contributed by atoms with E-state index in [0.717, 1.165) is 36.3 Å². The van der Waals surface area contributed by atoms with Crippen molar-refractivity contribution in [3.05, 3.63) is 23.8 Å². The molecule has 116 valence electrons. The Balaban J connectivity index is 0.00000220. The van der Waals surface area contributed by atoms with Crippen LogP contribution >= 0.6 is 12.4 Å². The molecule has 7 heteroatoms. The number of fused-ring (bicyclic) bond motifs is 1. The number of benzene rings is 1. The number of urea groups is 1. The summed E-state index contributed by atoms with van der Waals surface area (Å²) in [6.45, 7) is 2.56. The Kier molecular flexibility index (Phi) is 5.84. The van der Waals surface area contributed by atoms with E-state index in [-0.39, 0.29) is 18.3 Å². The first kappa shape index (κ1) is 17.1. The maximum Gasteiger partial charge on any atom is 0.321 e. The zero-order valence-electron chi connectivity index (χ0n) is 12.2. The second-order valence-corrected chi connectivity index (χ2v) is 4.89. The molecule has 0 aliphatic carbocycles. The van der Waals surface area contributed by atoms with Crippen molar-refractivity contribution < 1.29 is 9.59 Å². The Morgan fingerprint density at radius 2 is 2.10 bits per heavy atom. The number of hydrogen-bond donors (Lipinski definition) is 3. The van der Waals surface area contributed by atoms with Crippen molar-refractivity contribution in [3.63, 3.8) is 0 Å². The molecule has 0 saturated carbocycles. The summed E-state index contributed by atoms with van der Waals surface area (Å²) in [4.78, 5) is 25.3. The fraction of sp³-hybridized carbons (Fsp3) is 0.429. The fourth-order valence-corrected chi connectivity index (χ4v) is 2.50. The normalized spacial score (nSPS) is 14.5. The minimum absolute atomic E-state index is 0. The van der Waals surface area contributed by atoms with Crippen LogP contribution in [0, 0.1) is 0 Å². The monoisotopic (exact) mass is 312 g/mol. The smallest absolute Gasteiger partial charge is 0.321 e. The number of imide groups is 1. The molecule has 0 spiro atoms. The summed E-state index contributed by atoms with van der Waals surface area (Å²) in [5.74, 6) is -0.320. The van der Waals surface area contributed by atoms with E-state index in [1.807, 2.05) is 23.1 Å². The van der Waals surface area contributed by atoms with Gasteiger partial charge in [0.25, 0.3) is 0 Å². The van der Waals surface area contributed by atoms with E-state index in [1.54, 1.807) is 6.92 Å². The molecule has 0 radical (unpaired) electrons. The van der Waals surface area contributed by atoms with Gasteiger partial charge in [0.1, 0.15) is 6.04 Å². The van der Waals surface area contributed by atoms with E-state index >= 15 is 0 Å². The van der Waals surface area contributed by atoms with Gasteiger partial charge in [0.2, 0.25) is 5.91 Å². The highest BCUT2D eigenvalue weighted by atomic mass is 35.5. The third-order valence-corrected chi connectivity index (χ3v) is 3.63. The molecule has 1 unspecified atom stereocenters. The summed E-state index contributed by atoms with van der Waals surface area (Å²) in [7, 11) is 1.48. The van der Waals surface area contributed by atoms with Crippen molar-refractivity contribution in [1.29, 1.82) is 0 Å². The Morgan fingerprint density at radius 3 is 2.76 bits per heavy atom. The van der Waals surface area contributed by atoms with E-state index in [1.165, 1.54) is 7.05 Å². The minimum Gasteiger partial charge on any atom is -0.398 e. The summed E-state index contributed by atoms with van der Waals surface area (Å²) < 4.78 is 0. The van der Waals surface area contributed by atoms with Gasteiger partial charge in [0.15, 0.2) is 0 Å². The zero-order valence-corrected chi connectivity index (χ0v) is 13.0. The molecule has 1 aromatic rings. The molecular weight excluding hydrogens is 292 g/mol. The Bertz CT molecular complexity index is 536. The summed E-state index contributed by atoms with van der Waals surface area (Å²) in [6.07, 6.45) is 1.86. The molecule has 21 heavy (non-hydrogen) atoms. The van der Waals surface area contributed by atoms with Gasteiger partial charge in [-0.25, -0.2) is 4.79 Å². The van der Waals surface area contributed by atoms with Gasteiger partial charge >= 0.3 is 6.03 Å². The van der Waals surface area contributed by atoms with Crippen molar-refractivity contribution in [3.8, 4) is 0 Å². The number of nitrogens with one attached hydrogen (secondary N) is 2. The Hall–Kier alpha value is -1.95. The van der Waals surface area contributed by atoms with Gasteiger partial charge in [-0.2, -0.15) is 0 Å². The number of halogens is 1. The molecule has 4 N–H and O–H groups in total. The zero-order chi connectivity index (χ0) is 14.7. The SMILES string of the molecule is CNC(=O)NC(=O)C(C)N1CCCc2c(N)cccc21.Cl. The van der Waals surface area contributed by atoms with Crippen LogP contribution < -0.4 is 21.3 Å². The van der Waals surface area contributed by atoms with Gasteiger partial charge < -0.3 is 16.0 Å². The van der Waals surface area contributed by atoms with Gasteiger partial charge in [0.05, 0.1) is 0 Å². The highest BCUT2D eigenvalue weighted by Gasteiger charge is 2.27. The maximum absolute atomic E-state index is 12.1. The van der Waals surface area contributed by atoms with Crippen LogP contribution in [0.5, 0.6) is 0 Å². The van der Waals surface area contributed by atoms with Gasteiger partial charge in [-0.15, -0.1) is 12.4 Å². The molecular formula is C14H21ClN4O2. The van der Waals surface area contributed by atoms with E-state index in [4.69, 9.17) is 5.73 Å². The predicted molar refractivity (Wildman–Crippen MR) is 85.8 cm³/mol. The minimum atomic E-state index is -0.494. The van der Waals surface area contributed by atoms with Crippen LogP contribution in [0.3, 0.4) is 0 Å². The molecule has 1 atom stereocenters. The lowest BCUT2D eigenvalue weighted by Gasteiger charge is -2.35. The van der Waals surface area contributed by atoms with Crippen LogP contribution in [-0.2, 0) is 11.2 Å². The van der Waals surface area contributed by atoms with Crippen LogP contribution in [0.4, 0.5) is 16.2 Å². The Morgan fingerprint density at radius 1 is 1.38 bits per heavy atom. The molecule has 1 aromatic carbocycles. The Labute approximate surface area is 130 Å². The van der Waals surface area contributed by atoms with Gasteiger partial charge in [-0.05, 0) is 37.5 Å². The van der Waals surface area contributed by atoms with E-state index in [2.05, 4.69) is 10.6 Å². The molecule has 0 bridgehead atoms. The van der Waals surface area contributed by atoms with Crippen molar-refractivity contribution in [2.75, 3.05) is 24.2 Å². The topological polar surface area (TPSA) is 87.5 Å². The quantitative estimate of drug-likeness (QED) is 0.718. The number of nitrogens with two attached hydrogens (primary N) is 1. The van der Waals surface area contributed by atoms with Gasteiger partial charge in [0, 0.05) is 25.0 Å². The van der Waals surface area contributed by atoms with E-state index in [0.29, 0.717) is 0 Å². The molecule has 1 aliphatic heterocycles. The average molecular weight is 313 g/mol. The second kappa shape index (κ2) is 7.17. The first-order valence-corrected chi connectivity index (χ1v) is 6.71. The lowest BCUT2D eigenvalue weighted by atomic mass is 9.98. The second-order valence-electron chi connectivity index (χ2n) is 4.89. The van der Waals surface area contributed by atoms with E-state index in [9.17, 15) is 9.59 Å². The number of carbonyl (C=O) groups is 2. The van der Waals surface area contributed by atoms with Crippen molar-refractivity contribution in [1.82, 2.24) is 10.6 Å². The standard InChI is InChI=1S/C14H20N4O2.ClH/c1-9(13(19)17-14(20)16-2)18-8-4-5-10-11(15)6-3-7-12(10)18;/h3,6-7,9H,4-5,8,15H2,1-2H3,(H2,16,17,19,20);1H. The van der Waals surface area contributed by atoms with Crippen LogP contribution in [0.1, 0.15) is 18.9 Å². The van der Waals surface area contributed by atoms with Gasteiger partial charge in [-0.1, -0.05) is 6.07 Å². The number of carbonyl (C=O) groups excluding carboxylic acids is 2. The summed E-state index contributed by atoms with van der Waals surface area (Å²) in [6, 6.07) is 4.81. The molecule has 3 amide bonds. The van der Waals surface area contributed by atoms with Crippen molar-refractivity contribution in [2.45, 2.75) is 25.8 Å². The number of nitrogen functional groups attached to an aromatic ring is 1. The highest BCUT2D eigenvalue weighted by Crippen LogP contribution is 2.32. The number of nitrogens with zero attached hydrogens (tertiary/aromatic N) is 1. The van der Waals surface area contributed by atoms with Crippen LogP contribution in [0.15, 0.2) is 18.2 Å². The maximum atomic E-state index is 12.1. The molecule has 6 nitrogen and oxygen atoms in total. The van der Waals surface area contributed by atoms with Crippen molar-refractivity contribution >= 4 is 35.7 Å². The highest BCUT2D eigenvalue weighted by molar-refractivity contribution is 5.98. The number of anilines is 2. The third-order valence-electron chi connectivity index (χ3n) is 3.63. The molecule has 2 rings (SSSR count). The lowest BCUT2D eigenvalue weighted by Crippen LogP contribution is -2.50. The molecule has 1 aliphatic rings. The van der Waals surface area contributed by atoms with Crippen LogP contribution in [-0.4, -0.2) is 31.6 Å². The average Bonchev–Trinajstić information content (AvgIpc) is 2.46. The predicted octanol–water partition coefficient (Wildman–Crippen LogP) is 1.29.